The van der Waals surface area contributed by atoms with E-state index >= 15 is 0 Å². The van der Waals surface area contributed by atoms with Gasteiger partial charge in [-0.15, -0.1) is 0 Å². The van der Waals surface area contributed by atoms with E-state index in [1.54, 1.807) is 7.11 Å². The molecule has 1 aromatic carbocycles. The van der Waals surface area contributed by atoms with Crippen LogP contribution in [0.5, 0.6) is 5.75 Å². The highest BCUT2D eigenvalue weighted by Gasteiger charge is 2.30. The number of nitrogens with two attached hydrogens (primary N) is 1. The van der Waals surface area contributed by atoms with Gasteiger partial charge in [0.05, 0.1) is 7.11 Å². The average molecular weight is 257 g/mol. The van der Waals surface area contributed by atoms with E-state index in [0.717, 1.165) is 23.5 Å². The van der Waals surface area contributed by atoms with E-state index in [1.165, 1.54) is 18.2 Å². The maximum Gasteiger partial charge on any atom is 0.136 e. The van der Waals surface area contributed by atoms with E-state index in [4.69, 9.17) is 10.5 Å². The van der Waals surface area contributed by atoms with Gasteiger partial charge in [0.2, 0.25) is 0 Å². The number of aromatic nitrogens is 1. The van der Waals surface area contributed by atoms with Gasteiger partial charge in [-0.1, -0.05) is 6.07 Å². The maximum absolute atomic E-state index is 5.74. The molecule has 0 bridgehead atoms. The number of ether oxygens (including phenoxy) is 1. The van der Waals surface area contributed by atoms with Gasteiger partial charge in [0.1, 0.15) is 11.6 Å². The topological polar surface area (TPSA) is 51.4 Å². The third-order valence-electron chi connectivity index (χ3n) is 3.58. The van der Waals surface area contributed by atoms with E-state index < -0.39 is 0 Å². The average Bonchev–Trinajstić information content (AvgIpc) is 3.28. The number of anilines is 1. The summed E-state index contributed by atoms with van der Waals surface area (Å²) in [6.07, 6.45) is 4.35. The van der Waals surface area contributed by atoms with Crippen molar-refractivity contribution in [1.82, 2.24) is 4.98 Å². The van der Waals surface area contributed by atoms with E-state index in [9.17, 15) is 0 Å². The Hall–Kier alpha value is -1.81. The number of benzene rings is 1. The van der Waals surface area contributed by atoms with Gasteiger partial charge in [-0.25, -0.2) is 4.98 Å². The summed E-state index contributed by atoms with van der Waals surface area (Å²) in [7, 11) is 1.69. The lowest BCUT2D eigenvalue weighted by Gasteiger charge is -2.24. The van der Waals surface area contributed by atoms with Crippen molar-refractivity contribution in [3.63, 3.8) is 0 Å². The molecule has 0 radical (unpaired) electrons. The van der Waals surface area contributed by atoms with Gasteiger partial charge < -0.3 is 15.4 Å². The van der Waals surface area contributed by atoms with E-state index in [-0.39, 0.29) is 0 Å². The Morgan fingerprint density at radius 1 is 1.37 bits per heavy atom. The quantitative estimate of drug-likeness (QED) is 0.892. The van der Waals surface area contributed by atoms with Gasteiger partial charge in [0, 0.05) is 30.7 Å². The zero-order chi connectivity index (χ0) is 13.2. The fraction of sp³-hybridized carbons (Fsp3) is 0.400. The van der Waals surface area contributed by atoms with Gasteiger partial charge in [-0.2, -0.15) is 0 Å². The van der Waals surface area contributed by atoms with Crippen LogP contribution in [0, 0.1) is 0 Å². The van der Waals surface area contributed by atoms with Crippen LogP contribution in [0.2, 0.25) is 0 Å². The zero-order valence-corrected chi connectivity index (χ0v) is 11.2. The van der Waals surface area contributed by atoms with E-state index in [2.05, 4.69) is 22.0 Å². The molecule has 19 heavy (non-hydrogen) atoms. The van der Waals surface area contributed by atoms with Crippen molar-refractivity contribution < 1.29 is 4.74 Å². The van der Waals surface area contributed by atoms with Gasteiger partial charge in [0.25, 0.3) is 0 Å². The van der Waals surface area contributed by atoms with E-state index in [0.29, 0.717) is 12.6 Å². The minimum Gasteiger partial charge on any atom is -0.497 e. The van der Waals surface area contributed by atoms with Crippen molar-refractivity contribution in [3.05, 3.63) is 30.5 Å². The fourth-order valence-corrected chi connectivity index (χ4v) is 2.47. The van der Waals surface area contributed by atoms with Gasteiger partial charge in [-0.3, -0.25) is 0 Å². The zero-order valence-electron chi connectivity index (χ0n) is 11.2. The van der Waals surface area contributed by atoms with Crippen molar-refractivity contribution in [3.8, 4) is 5.75 Å². The lowest BCUT2D eigenvalue weighted by atomic mass is 10.1. The van der Waals surface area contributed by atoms with Gasteiger partial charge in [0.15, 0.2) is 0 Å². The highest BCUT2D eigenvalue weighted by atomic mass is 16.5. The highest BCUT2D eigenvalue weighted by Crippen LogP contribution is 2.35. The Morgan fingerprint density at radius 2 is 2.21 bits per heavy atom. The van der Waals surface area contributed by atoms with Crippen LogP contribution in [-0.2, 0) is 0 Å². The molecule has 0 spiro atoms. The highest BCUT2D eigenvalue weighted by molar-refractivity contribution is 5.93. The van der Waals surface area contributed by atoms with Crippen LogP contribution >= 0.6 is 0 Å². The molecule has 4 heteroatoms. The lowest BCUT2D eigenvalue weighted by Crippen LogP contribution is -2.32. The predicted molar refractivity (Wildman–Crippen MR) is 77.7 cm³/mol. The molecule has 1 aliphatic rings. The Labute approximate surface area is 113 Å². The van der Waals surface area contributed by atoms with Crippen molar-refractivity contribution >= 4 is 16.6 Å². The Kier molecular flexibility index (Phi) is 3.25. The van der Waals surface area contributed by atoms with Crippen molar-refractivity contribution in [1.29, 1.82) is 0 Å². The second-order valence-corrected chi connectivity index (χ2v) is 4.93. The summed E-state index contributed by atoms with van der Waals surface area (Å²) >= 11 is 0. The monoisotopic (exact) mass is 257 g/mol. The molecule has 1 saturated carbocycles. The minimum absolute atomic E-state index is 0.604. The Balaban J connectivity index is 2.10. The molecule has 0 aliphatic heterocycles. The molecule has 0 saturated heterocycles. The molecule has 1 fully saturated rings. The molecule has 4 nitrogen and oxygen atoms in total. The van der Waals surface area contributed by atoms with Crippen LogP contribution < -0.4 is 15.4 Å². The number of hydrogen-bond donors (Lipinski definition) is 1. The number of rotatable bonds is 5. The molecule has 2 N–H and O–H groups in total. The SMILES string of the molecule is COc1ccc2ccnc(N(CCN)C3CC3)c2c1. The molecule has 0 amide bonds. The summed E-state index contributed by atoms with van der Waals surface area (Å²) in [4.78, 5) is 6.91. The van der Waals surface area contributed by atoms with Crippen LogP contribution in [0.25, 0.3) is 10.8 Å². The minimum atomic E-state index is 0.604. The van der Waals surface area contributed by atoms with Gasteiger partial charge >= 0.3 is 0 Å². The first kappa shape index (κ1) is 12.2. The molecule has 0 unspecified atom stereocenters. The first-order valence-corrected chi connectivity index (χ1v) is 6.73. The number of methoxy groups -OCH3 is 1. The van der Waals surface area contributed by atoms with Crippen molar-refractivity contribution in [2.45, 2.75) is 18.9 Å². The summed E-state index contributed by atoms with van der Waals surface area (Å²) in [6, 6.07) is 8.76. The summed E-state index contributed by atoms with van der Waals surface area (Å²) < 4.78 is 5.32. The number of hydrogen-bond acceptors (Lipinski definition) is 4. The molecule has 0 atom stereocenters. The summed E-state index contributed by atoms with van der Waals surface area (Å²) in [5, 5.41) is 2.33. The second kappa shape index (κ2) is 5.05. The van der Waals surface area contributed by atoms with Crippen LogP contribution in [0.4, 0.5) is 5.82 Å². The van der Waals surface area contributed by atoms with Crippen LogP contribution in [0.15, 0.2) is 30.5 Å². The summed E-state index contributed by atoms with van der Waals surface area (Å²) in [5.74, 6) is 1.90. The molecule has 1 aliphatic carbocycles. The molecular weight excluding hydrogens is 238 g/mol. The second-order valence-electron chi connectivity index (χ2n) is 4.93. The molecule has 2 aromatic rings. The number of pyridine rings is 1. The molecular formula is C15H19N3O. The smallest absolute Gasteiger partial charge is 0.136 e. The molecule has 3 rings (SSSR count). The van der Waals surface area contributed by atoms with Crippen LogP contribution in [0.3, 0.4) is 0 Å². The largest absolute Gasteiger partial charge is 0.497 e. The lowest BCUT2D eigenvalue weighted by molar-refractivity contribution is 0.415. The molecule has 1 heterocycles. The normalized spacial score (nSPS) is 14.6. The van der Waals surface area contributed by atoms with E-state index in [1.807, 2.05) is 18.3 Å². The molecule has 1 aromatic heterocycles. The molecule has 100 valence electrons. The third-order valence-corrected chi connectivity index (χ3v) is 3.58. The first-order valence-electron chi connectivity index (χ1n) is 6.73. The number of nitrogens with zero attached hydrogens (tertiary/aromatic N) is 2. The third kappa shape index (κ3) is 2.36. The summed E-state index contributed by atoms with van der Waals surface area (Å²) in [6.45, 7) is 1.51. The Morgan fingerprint density at radius 3 is 2.89 bits per heavy atom. The first-order chi connectivity index (χ1) is 9.33. The standard InChI is InChI=1S/C15H19N3O/c1-19-13-5-2-11-6-8-17-15(14(11)10-13)18(9-7-16)12-3-4-12/h2,5-6,8,10,12H,3-4,7,9,16H2,1H3. The predicted octanol–water partition coefficient (Wildman–Crippen LogP) is 2.17. The van der Waals surface area contributed by atoms with Crippen molar-refractivity contribution in [2.75, 3.05) is 25.1 Å². The summed E-state index contributed by atoms with van der Waals surface area (Å²) in [5.41, 5.74) is 5.74. The maximum atomic E-state index is 5.74. The van der Waals surface area contributed by atoms with Gasteiger partial charge in [-0.05, 0) is 36.4 Å². The van der Waals surface area contributed by atoms with Crippen molar-refractivity contribution in [2.24, 2.45) is 5.73 Å². The van der Waals surface area contributed by atoms with Crippen LogP contribution in [-0.4, -0.2) is 31.2 Å². The van der Waals surface area contributed by atoms with Crippen LogP contribution in [0.1, 0.15) is 12.8 Å². The Bertz CT molecular complexity index is 581. The fourth-order valence-electron chi connectivity index (χ4n) is 2.47. The number of fused-ring (bicyclic) bond motifs is 1.